The Balaban J connectivity index is 0.00000180. The minimum atomic E-state index is -3.78. The number of benzene rings is 1. The van der Waals surface area contributed by atoms with E-state index < -0.39 is 15.8 Å². The van der Waals surface area contributed by atoms with Crippen LogP contribution in [0.25, 0.3) is 0 Å². The van der Waals surface area contributed by atoms with Crippen molar-refractivity contribution in [2.75, 3.05) is 6.54 Å². The third-order valence-corrected chi connectivity index (χ3v) is 4.59. The third kappa shape index (κ3) is 4.29. The fourth-order valence-electron chi connectivity index (χ4n) is 1.79. The Kier molecular flexibility index (Phi) is 5.58. The summed E-state index contributed by atoms with van der Waals surface area (Å²) in [5.74, 6) is -0.396. The Hall–Kier alpha value is -0.400. The van der Waals surface area contributed by atoms with Gasteiger partial charge in [-0.25, -0.2) is 17.5 Å². The highest BCUT2D eigenvalue weighted by Gasteiger charge is 2.33. The molecule has 1 atom stereocenters. The predicted octanol–water partition coefficient (Wildman–Crippen LogP) is 1.92. The molecule has 108 valence electrons. The fourth-order valence-corrected chi connectivity index (χ4v) is 3.45. The highest BCUT2D eigenvalue weighted by atomic mass is 35.5. The summed E-state index contributed by atoms with van der Waals surface area (Å²) in [6.07, 6.45) is 1.93. The zero-order chi connectivity index (χ0) is 13.3. The van der Waals surface area contributed by atoms with Crippen molar-refractivity contribution in [2.45, 2.75) is 23.8 Å². The molecular formula is C11H15Cl2FN2O2S. The van der Waals surface area contributed by atoms with Crippen LogP contribution >= 0.6 is 24.0 Å². The number of nitrogens with two attached hydrogens (primary N) is 1. The first-order chi connectivity index (χ1) is 8.42. The molecule has 0 aromatic heterocycles. The van der Waals surface area contributed by atoms with Crippen LogP contribution in [-0.2, 0) is 10.0 Å². The van der Waals surface area contributed by atoms with Crippen LogP contribution in [0, 0.1) is 11.7 Å². The summed E-state index contributed by atoms with van der Waals surface area (Å²) in [4.78, 5) is -0.174. The molecule has 0 amide bonds. The lowest BCUT2D eigenvalue weighted by Crippen LogP contribution is -2.41. The number of hydrogen-bond donors (Lipinski definition) is 2. The van der Waals surface area contributed by atoms with E-state index in [4.69, 9.17) is 17.3 Å². The monoisotopic (exact) mass is 328 g/mol. The van der Waals surface area contributed by atoms with E-state index in [2.05, 4.69) is 4.72 Å². The maximum atomic E-state index is 13.1. The number of nitrogens with one attached hydrogen (secondary N) is 1. The van der Waals surface area contributed by atoms with Gasteiger partial charge >= 0.3 is 0 Å². The summed E-state index contributed by atoms with van der Waals surface area (Å²) in [6.45, 7) is 0.229. The van der Waals surface area contributed by atoms with Crippen LogP contribution in [0.4, 0.5) is 4.39 Å². The van der Waals surface area contributed by atoms with Crippen LogP contribution in [0.5, 0.6) is 0 Å². The van der Waals surface area contributed by atoms with Gasteiger partial charge in [0.15, 0.2) is 0 Å². The van der Waals surface area contributed by atoms with Crippen molar-refractivity contribution < 1.29 is 12.8 Å². The molecule has 1 aromatic rings. The first kappa shape index (κ1) is 16.7. The van der Waals surface area contributed by atoms with Gasteiger partial charge in [-0.05, 0) is 37.0 Å². The average Bonchev–Trinajstić information content (AvgIpc) is 3.08. The second-order valence-electron chi connectivity index (χ2n) is 4.41. The Morgan fingerprint density at radius 1 is 1.42 bits per heavy atom. The largest absolute Gasteiger partial charge is 0.329 e. The van der Waals surface area contributed by atoms with Gasteiger partial charge in [0.2, 0.25) is 10.0 Å². The van der Waals surface area contributed by atoms with Crippen molar-refractivity contribution in [1.82, 2.24) is 4.72 Å². The Labute approximate surface area is 123 Å². The maximum Gasteiger partial charge on any atom is 0.241 e. The molecule has 0 spiro atoms. The van der Waals surface area contributed by atoms with Gasteiger partial charge in [0.05, 0.1) is 4.90 Å². The van der Waals surface area contributed by atoms with Gasteiger partial charge < -0.3 is 5.73 Å². The first-order valence-electron chi connectivity index (χ1n) is 5.61. The van der Waals surface area contributed by atoms with Crippen LogP contribution in [0.2, 0.25) is 5.02 Å². The molecule has 1 aliphatic carbocycles. The molecule has 0 saturated heterocycles. The molecule has 0 heterocycles. The third-order valence-electron chi connectivity index (χ3n) is 2.90. The number of halogens is 3. The average molecular weight is 329 g/mol. The number of sulfonamides is 1. The van der Waals surface area contributed by atoms with Gasteiger partial charge in [-0.3, -0.25) is 0 Å². The van der Waals surface area contributed by atoms with Crippen molar-refractivity contribution in [2.24, 2.45) is 11.7 Å². The summed E-state index contributed by atoms with van der Waals surface area (Å²) in [6, 6.07) is 2.92. The van der Waals surface area contributed by atoms with E-state index in [1.54, 1.807) is 0 Å². The summed E-state index contributed by atoms with van der Waals surface area (Å²) in [5.41, 5.74) is 5.53. The van der Waals surface area contributed by atoms with Gasteiger partial charge in [0.25, 0.3) is 0 Å². The lowest BCUT2D eigenvalue weighted by Gasteiger charge is -2.16. The Morgan fingerprint density at radius 2 is 2.05 bits per heavy atom. The van der Waals surface area contributed by atoms with E-state index >= 15 is 0 Å². The van der Waals surface area contributed by atoms with E-state index in [-0.39, 0.29) is 40.8 Å². The van der Waals surface area contributed by atoms with Gasteiger partial charge in [0, 0.05) is 17.6 Å². The summed E-state index contributed by atoms with van der Waals surface area (Å²) >= 11 is 5.64. The van der Waals surface area contributed by atoms with Crippen LogP contribution < -0.4 is 10.5 Å². The topological polar surface area (TPSA) is 72.2 Å². The molecule has 1 fully saturated rings. The molecule has 1 unspecified atom stereocenters. The second kappa shape index (κ2) is 6.37. The second-order valence-corrected chi connectivity index (χ2v) is 6.56. The Morgan fingerprint density at radius 3 is 2.53 bits per heavy atom. The molecule has 4 nitrogen and oxygen atoms in total. The molecule has 3 N–H and O–H groups in total. The number of hydrogen-bond acceptors (Lipinski definition) is 3. The van der Waals surface area contributed by atoms with Crippen molar-refractivity contribution in [3.05, 3.63) is 29.0 Å². The van der Waals surface area contributed by atoms with Crippen LogP contribution in [-0.4, -0.2) is 21.0 Å². The standard InChI is InChI=1S/C11H14ClFN2O2S.ClH/c12-8-3-9(13)5-10(4-8)18(16,17)15-11(6-14)7-1-2-7;/h3-5,7,11,15H,1-2,6,14H2;1H. The molecular weight excluding hydrogens is 314 g/mol. The fraction of sp³-hybridized carbons (Fsp3) is 0.455. The van der Waals surface area contributed by atoms with Gasteiger partial charge in [-0.1, -0.05) is 11.6 Å². The minimum Gasteiger partial charge on any atom is -0.329 e. The lowest BCUT2D eigenvalue weighted by atomic mass is 10.2. The molecule has 1 aromatic carbocycles. The van der Waals surface area contributed by atoms with E-state index in [0.717, 1.165) is 25.0 Å². The van der Waals surface area contributed by atoms with Crippen LogP contribution in [0.1, 0.15) is 12.8 Å². The van der Waals surface area contributed by atoms with Crippen LogP contribution in [0.3, 0.4) is 0 Å². The molecule has 1 aliphatic rings. The quantitative estimate of drug-likeness (QED) is 0.867. The molecule has 0 bridgehead atoms. The molecule has 0 radical (unpaired) electrons. The summed E-state index contributed by atoms with van der Waals surface area (Å²) in [5, 5.41) is 0.0473. The van der Waals surface area contributed by atoms with Gasteiger partial charge in [0.1, 0.15) is 5.82 Å². The van der Waals surface area contributed by atoms with Crippen LogP contribution in [0.15, 0.2) is 23.1 Å². The SMILES string of the molecule is Cl.NCC(NS(=O)(=O)c1cc(F)cc(Cl)c1)C1CC1. The van der Waals surface area contributed by atoms with Crippen molar-refractivity contribution in [3.63, 3.8) is 0 Å². The van der Waals surface area contributed by atoms with E-state index in [9.17, 15) is 12.8 Å². The molecule has 19 heavy (non-hydrogen) atoms. The predicted molar refractivity (Wildman–Crippen MR) is 74.5 cm³/mol. The highest BCUT2D eigenvalue weighted by Crippen LogP contribution is 2.33. The highest BCUT2D eigenvalue weighted by molar-refractivity contribution is 7.89. The maximum absolute atomic E-state index is 13.1. The van der Waals surface area contributed by atoms with Crippen molar-refractivity contribution in [1.29, 1.82) is 0 Å². The van der Waals surface area contributed by atoms with E-state index in [1.165, 1.54) is 6.07 Å². The normalized spacial score (nSPS) is 16.8. The smallest absolute Gasteiger partial charge is 0.241 e. The summed E-state index contributed by atoms with van der Waals surface area (Å²) < 4.78 is 39.7. The molecule has 8 heteroatoms. The molecule has 2 rings (SSSR count). The molecule has 1 saturated carbocycles. The van der Waals surface area contributed by atoms with E-state index in [1.807, 2.05) is 0 Å². The number of rotatable bonds is 5. The van der Waals surface area contributed by atoms with Crippen molar-refractivity contribution >= 4 is 34.0 Å². The first-order valence-corrected chi connectivity index (χ1v) is 7.47. The van der Waals surface area contributed by atoms with Gasteiger partial charge in [-0.2, -0.15) is 0 Å². The van der Waals surface area contributed by atoms with Crippen molar-refractivity contribution in [3.8, 4) is 0 Å². The lowest BCUT2D eigenvalue weighted by molar-refractivity contribution is 0.518. The Bertz CT molecular complexity index is 529. The zero-order valence-electron chi connectivity index (χ0n) is 9.97. The van der Waals surface area contributed by atoms with E-state index in [0.29, 0.717) is 0 Å². The minimum absolute atomic E-state index is 0. The zero-order valence-corrected chi connectivity index (χ0v) is 12.4. The van der Waals surface area contributed by atoms with Gasteiger partial charge in [-0.15, -0.1) is 12.4 Å². The molecule has 0 aliphatic heterocycles. The summed E-state index contributed by atoms with van der Waals surface area (Å²) in [7, 11) is -3.78.